The van der Waals surface area contributed by atoms with Crippen LogP contribution in [0.3, 0.4) is 0 Å². The topological polar surface area (TPSA) is 0 Å². The molecule has 1 aliphatic carbocycles. The van der Waals surface area contributed by atoms with Crippen molar-refractivity contribution in [3.05, 3.63) is 131 Å². The molecule has 0 radical (unpaired) electrons. The number of hydrogen-bond acceptors (Lipinski definition) is 2. The molecule has 6 rings (SSSR count). The summed E-state index contributed by atoms with van der Waals surface area (Å²) in [5, 5.41) is 0. The van der Waals surface area contributed by atoms with Gasteiger partial charge in [0.05, 0.1) is 4.75 Å². The van der Waals surface area contributed by atoms with Crippen molar-refractivity contribution < 1.29 is 0 Å². The van der Waals surface area contributed by atoms with Crippen LogP contribution >= 0.6 is 23.5 Å². The molecule has 1 heterocycles. The Hall–Kier alpha value is -2.42. The lowest BCUT2D eigenvalue weighted by molar-refractivity contribution is 0.861. The second-order valence-electron chi connectivity index (χ2n) is 7.66. The zero-order valence-electron chi connectivity index (χ0n) is 15.9. The third kappa shape index (κ3) is 2.43. The number of hydrogen-bond donors (Lipinski definition) is 0. The van der Waals surface area contributed by atoms with E-state index in [1.54, 1.807) is 0 Å². The summed E-state index contributed by atoms with van der Waals surface area (Å²) >= 11 is 4.22. The van der Waals surface area contributed by atoms with Gasteiger partial charge in [0.15, 0.2) is 0 Å². The molecule has 0 bridgehead atoms. The third-order valence-corrected chi connectivity index (χ3v) is 10.0. The summed E-state index contributed by atoms with van der Waals surface area (Å²) in [6, 6.07) is 40.1. The van der Waals surface area contributed by atoms with Gasteiger partial charge in [0.25, 0.3) is 0 Å². The molecule has 0 atom stereocenters. The molecule has 1 aliphatic heterocycles. The monoisotopic (exact) mass is 408 g/mol. The van der Waals surface area contributed by atoms with E-state index in [1.165, 1.54) is 33.4 Å². The molecule has 1 spiro atoms. The fraction of sp³-hybridized carbons (Fsp3) is 0.111. The maximum absolute atomic E-state index is 2.33. The Bertz CT molecular complexity index is 1090. The van der Waals surface area contributed by atoms with E-state index in [-0.39, 0.29) is 8.83 Å². The fourth-order valence-electron chi connectivity index (χ4n) is 4.79. The lowest BCUT2D eigenvalue weighted by Crippen LogP contribution is -2.25. The lowest BCUT2D eigenvalue weighted by atomic mass is 9.92. The standard InChI is InChI=1S/C27H20S2/c1-3-11-20(12-4-1)26(21-13-5-2-6-14-21)19-28-27(29-26)24-17-9-7-15-22(24)23-16-8-10-18-25(23)27/h1-18H,19H2. The van der Waals surface area contributed by atoms with Crippen LogP contribution in [0.25, 0.3) is 11.1 Å². The van der Waals surface area contributed by atoms with E-state index in [1.807, 2.05) is 0 Å². The summed E-state index contributed by atoms with van der Waals surface area (Å²) in [4.78, 5) is 0. The molecule has 2 aliphatic rings. The zero-order chi connectivity index (χ0) is 19.3. The molecule has 0 unspecified atom stereocenters. The lowest BCUT2D eigenvalue weighted by Gasteiger charge is -2.33. The number of fused-ring (bicyclic) bond motifs is 5. The van der Waals surface area contributed by atoms with E-state index in [9.17, 15) is 0 Å². The maximum Gasteiger partial charge on any atom is 0.114 e. The normalized spacial score (nSPS) is 17.8. The highest BCUT2D eigenvalue weighted by Gasteiger charge is 2.56. The van der Waals surface area contributed by atoms with Crippen molar-refractivity contribution in [1.29, 1.82) is 0 Å². The number of benzene rings is 4. The van der Waals surface area contributed by atoms with Gasteiger partial charge < -0.3 is 0 Å². The Morgan fingerprint density at radius 2 is 0.966 bits per heavy atom. The first-order chi connectivity index (χ1) is 14.3. The molecule has 1 saturated heterocycles. The zero-order valence-corrected chi connectivity index (χ0v) is 17.5. The van der Waals surface area contributed by atoms with E-state index >= 15 is 0 Å². The fourth-order valence-corrected chi connectivity index (χ4v) is 9.03. The summed E-state index contributed by atoms with van der Waals surface area (Å²) in [6.07, 6.45) is 0. The SMILES string of the molecule is c1ccc(C2(c3ccccc3)CSC3(S2)c2ccccc2-c2ccccc23)cc1. The van der Waals surface area contributed by atoms with Gasteiger partial charge in [0.2, 0.25) is 0 Å². The van der Waals surface area contributed by atoms with Crippen molar-refractivity contribution in [2.45, 2.75) is 8.83 Å². The van der Waals surface area contributed by atoms with Gasteiger partial charge in [-0.1, -0.05) is 109 Å². The van der Waals surface area contributed by atoms with Crippen molar-refractivity contribution in [1.82, 2.24) is 0 Å². The first-order valence-corrected chi connectivity index (χ1v) is 11.8. The highest BCUT2D eigenvalue weighted by Crippen LogP contribution is 2.72. The predicted molar refractivity (Wildman–Crippen MR) is 126 cm³/mol. The average Bonchev–Trinajstić information content (AvgIpc) is 3.35. The van der Waals surface area contributed by atoms with Crippen LogP contribution in [-0.2, 0) is 8.83 Å². The highest BCUT2D eigenvalue weighted by molar-refractivity contribution is 8.21. The van der Waals surface area contributed by atoms with Crippen LogP contribution in [-0.4, -0.2) is 5.75 Å². The van der Waals surface area contributed by atoms with Crippen molar-refractivity contribution >= 4 is 23.5 Å². The summed E-state index contributed by atoms with van der Waals surface area (Å²) in [7, 11) is 0. The molecule has 0 nitrogen and oxygen atoms in total. The van der Waals surface area contributed by atoms with Gasteiger partial charge in [-0.15, -0.1) is 23.5 Å². The van der Waals surface area contributed by atoms with Gasteiger partial charge in [-0.2, -0.15) is 0 Å². The van der Waals surface area contributed by atoms with Crippen molar-refractivity contribution in [3.63, 3.8) is 0 Å². The molecule has 140 valence electrons. The first-order valence-electron chi connectivity index (χ1n) is 9.98. The smallest absolute Gasteiger partial charge is 0.114 e. The molecule has 0 aromatic heterocycles. The second kappa shape index (κ2) is 6.55. The van der Waals surface area contributed by atoms with E-state index < -0.39 is 0 Å². The van der Waals surface area contributed by atoms with Crippen molar-refractivity contribution in [3.8, 4) is 11.1 Å². The maximum atomic E-state index is 2.33. The Kier molecular flexibility index (Phi) is 3.94. The molecule has 1 fully saturated rings. The minimum atomic E-state index is -0.0717. The van der Waals surface area contributed by atoms with Gasteiger partial charge in [0, 0.05) is 5.75 Å². The molecule has 4 aromatic carbocycles. The van der Waals surface area contributed by atoms with Crippen LogP contribution in [0.15, 0.2) is 109 Å². The van der Waals surface area contributed by atoms with Crippen LogP contribution in [0, 0.1) is 0 Å². The molecule has 0 saturated carbocycles. The van der Waals surface area contributed by atoms with Crippen LogP contribution in [0.2, 0.25) is 0 Å². The van der Waals surface area contributed by atoms with Gasteiger partial charge in [0.1, 0.15) is 4.08 Å². The Labute approximate surface area is 180 Å². The second-order valence-corrected chi connectivity index (χ2v) is 10.6. The third-order valence-electron chi connectivity index (χ3n) is 6.13. The Morgan fingerprint density at radius 1 is 0.517 bits per heavy atom. The quantitative estimate of drug-likeness (QED) is 0.341. The summed E-state index contributed by atoms with van der Waals surface area (Å²) in [6.45, 7) is 0. The summed E-state index contributed by atoms with van der Waals surface area (Å²) < 4.78 is -0.142. The van der Waals surface area contributed by atoms with Crippen LogP contribution in [0.4, 0.5) is 0 Å². The van der Waals surface area contributed by atoms with Gasteiger partial charge in [-0.25, -0.2) is 0 Å². The molecule has 4 aromatic rings. The number of thioether (sulfide) groups is 2. The number of rotatable bonds is 2. The molecule has 0 N–H and O–H groups in total. The molecule has 2 heteroatoms. The van der Waals surface area contributed by atoms with Crippen molar-refractivity contribution in [2.75, 3.05) is 5.75 Å². The van der Waals surface area contributed by atoms with Crippen molar-refractivity contribution in [2.24, 2.45) is 0 Å². The van der Waals surface area contributed by atoms with Gasteiger partial charge in [-0.05, 0) is 33.4 Å². The first kappa shape index (κ1) is 17.4. The highest BCUT2D eigenvalue weighted by atomic mass is 32.2. The van der Waals surface area contributed by atoms with E-state index in [0.29, 0.717) is 0 Å². The van der Waals surface area contributed by atoms with E-state index in [2.05, 4.69) is 133 Å². The largest absolute Gasteiger partial charge is 0.132 e. The van der Waals surface area contributed by atoms with E-state index in [4.69, 9.17) is 0 Å². The molecule has 29 heavy (non-hydrogen) atoms. The summed E-state index contributed by atoms with van der Waals surface area (Å²) in [5.41, 5.74) is 8.46. The Morgan fingerprint density at radius 3 is 1.48 bits per heavy atom. The van der Waals surface area contributed by atoms with E-state index in [0.717, 1.165) is 5.75 Å². The average molecular weight is 409 g/mol. The molecule has 0 amide bonds. The summed E-state index contributed by atoms with van der Waals surface area (Å²) in [5.74, 6) is 1.05. The van der Waals surface area contributed by atoms with Crippen LogP contribution in [0.1, 0.15) is 22.3 Å². The minimum Gasteiger partial charge on any atom is -0.132 e. The molecular formula is C27H20S2. The van der Waals surface area contributed by atoms with Gasteiger partial charge >= 0.3 is 0 Å². The minimum absolute atomic E-state index is 0.0706. The Balaban J connectivity index is 1.60. The van der Waals surface area contributed by atoms with Crippen LogP contribution < -0.4 is 0 Å². The van der Waals surface area contributed by atoms with Crippen LogP contribution in [0.5, 0.6) is 0 Å². The van der Waals surface area contributed by atoms with Gasteiger partial charge in [-0.3, -0.25) is 0 Å². The predicted octanol–water partition coefficient (Wildman–Crippen LogP) is 7.29. The molecular weight excluding hydrogens is 388 g/mol.